The van der Waals surface area contributed by atoms with Gasteiger partial charge in [0.15, 0.2) is 0 Å². The molecule has 1 atom stereocenters. The highest BCUT2D eigenvalue weighted by molar-refractivity contribution is 5.65. The average Bonchev–Trinajstić information content (AvgIpc) is 2.90. The molecule has 3 heteroatoms. The van der Waals surface area contributed by atoms with Gasteiger partial charge in [-0.05, 0) is 41.7 Å². The summed E-state index contributed by atoms with van der Waals surface area (Å²) in [4.78, 5) is 0. The van der Waals surface area contributed by atoms with Gasteiger partial charge in [0, 0.05) is 11.3 Å². The van der Waals surface area contributed by atoms with Crippen LogP contribution in [0, 0.1) is 5.82 Å². The molecule has 110 valence electrons. The quantitative estimate of drug-likeness (QED) is 0.885. The van der Waals surface area contributed by atoms with E-state index in [2.05, 4.69) is 37.4 Å². The first-order valence-corrected chi connectivity index (χ1v) is 7.32. The van der Waals surface area contributed by atoms with Crippen LogP contribution in [0.2, 0.25) is 0 Å². The van der Waals surface area contributed by atoms with Crippen LogP contribution < -0.4 is 10.1 Å². The lowest BCUT2D eigenvalue weighted by Gasteiger charge is -2.17. The number of anilines is 1. The number of halogens is 1. The van der Waals surface area contributed by atoms with Crippen LogP contribution in [0.25, 0.3) is 0 Å². The van der Waals surface area contributed by atoms with Crippen LogP contribution in [0.15, 0.2) is 36.4 Å². The Labute approximate surface area is 125 Å². The molecule has 0 aromatic heterocycles. The number of hydrogen-bond acceptors (Lipinski definition) is 2. The first-order chi connectivity index (χ1) is 10.1. The van der Waals surface area contributed by atoms with Crippen molar-refractivity contribution in [2.45, 2.75) is 32.2 Å². The van der Waals surface area contributed by atoms with Crippen molar-refractivity contribution in [2.75, 3.05) is 12.4 Å². The summed E-state index contributed by atoms with van der Waals surface area (Å²) in [7, 11) is 1.62. The van der Waals surface area contributed by atoms with Gasteiger partial charge < -0.3 is 10.1 Å². The van der Waals surface area contributed by atoms with E-state index in [0.717, 1.165) is 17.7 Å². The Bertz CT molecular complexity index is 666. The molecule has 0 saturated heterocycles. The topological polar surface area (TPSA) is 21.3 Å². The molecule has 0 spiro atoms. The van der Waals surface area contributed by atoms with E-state index in [0.29, 0.717) is 5.92 Å². The summed E-state index contributed by atoms with van der Waals surface area (Å²) in [6.45, 7) is 4.38. The van der Waals surface area contributed by atoms with Crippen molar-refractivity contribution in [3.63, 3.8) is 0 Å². The number of fused-ring (bicyclic) bond motifs is 1. The van der Waals surface area contributed by atoms with Crippen LogP contribution in [0.5, 0.6) is 5.75 Å². The summed E-state index contributed by atoms with van der Waals surface area (Å²) < 4.78 is 19.0. The largest absolute Gasteiger partial charge is 0.496 e. The predicted octanol–water partition coefficient (Wildman–Crippen LogP) is 4.67. The number of ether oxygens (including phenoxy) is 1. The Balaban J connectivity index is 1.98. The third-order valence-electron chi connectivity index (χ3n) is 4.11. The van der Waals surface area contributed by atoms with Crippen molar-refractivity contribution < 1.29 is 9.13 Å². The normalized spacial score (nSPS) is 16.7. The Morgan fingerprint density at radius 1 is 1.24 bits per heavy atom. The van der Waals surface area contributed by atoms with Gasteiger partial charge in [-0.15, -0.1) is 0 Å². The molecule has 1 N–H and O–H groups in total. The molecule has 1 unspecified atom stereocenters. The fourth-order valence-electron chi connectivity index (χ4n) is 3.06. The second kappa shape index (κ2) is 5.40. The van der Waals surface area contributed by atoms with Gasteiger partial charge in [-0.3, -0.25) is 0 Å². The Morgan fingerprint density at radius 2 is 2.05 bits per heavy atom. The molecule has 0 fully saturated rings. The van der Waals surface area contributed by atoms with E-state index in [9.17, 15) is 4.39 Å². The summed E-state index contributed by atoms with van der Waals surface area (Å²) in [6, 6.07) is 11.1. The summed E-state index contributed by atoms with van der Waals surface area (Å²) >= 11 is 0. The van der Waals surface area contributed by atoms with Gasteiger partial charge in [0.05, 0.1) is 13.2 Å². The Morgan fingerprint density at radius 3 is 2.76 bits per heavy atom. The highest BCUT2D eigenvalue weighted by atomic mass is 19.1. The van der Waals surface area contributed by atoms with E-state index in [1.54, 1.807) is 19.2 Å². The molecule has 0 amide bonds. The van der Waals surface area contributed by atoms with Crippen LogP contribution in [0.3, 0.4) is 0 Å². The molecule has 0 bridgehead atoms. The van der Waals surface area contributed by atoms with E-state index >= 15 is 0 Å². The number of rotatable bonds is 3. The zero-order valence-corrected chi connectivity index (χ0v) is 12.6. The van der Waals surface area contributed by atoms with Gasteiger partial charge >= 0.3 is 0 Å². The van der Waals surface area contributed by atoms with Crippen LogP contribution >= 0.6 is 0 Å². The molecule has 0 radical (unpaired) electrons. The fraction of sp³-hybridized carbons (Fsp3) is 0.333. The van der Waals surface area contributed by atoms with E-state index in [1.807, 2.05) is 0 Å². The lowest BCUT2D eigenvalue weighted by atomic mass is 9.97. The molecule has 0 saturated carbocycles. The van der Waals surface area contributed by atoms with Crippen LogP contribution in [-0.4, -0.2) is 7.11 Å². The zero-order valence-electron chi connectivity index (χ0n) is 12.6. The highest BCUT2D eigenvalue weighted by Gasteiger charge is 2.27. The Kier molecular flexibility index (Phi) is 3.58. The van der Waals surface area contributed by atoms with Crippen molar-refractivity contribution in [2.24, 2.45) is 0 Å². The first-order valence-electron chi connectivity index (χ1n) is 7.32. The molecule has 2 nitrogen and oxygen atoms in total. The zero-order chi connectivity index (χ0) is 15.0. The van der Waals surface area contributed by atoms with Gasteiger partial charge in [0.1, 0.15) is 11.6 Å². The van der Waals surface area contributed by atoms with Gasteiger partial charge in [-0.25, -0.2) is 4.39 Å². The minimum absolute atomic E-state index is 0.0607. The van der Waals surface area contributed by atoms with E-state index in [1.165, 1.54) is 22.9 Å². The minimum atomic E-state index is -0.229. The van der Waals surface area contributed by atoms with Crippen molar-refractivity contribution >= 4 is 5.69 Å². The molecule has 2 aromatic carbocycles. The SMILES string of the molecule is COc1ccc(F)cc1C1Cc2cccc(C(C)C)c2N1. The number of hydrogen-bond donors (Lipinski definition) is 1. The second-order valence-electron chi connectivity index (χ2n) is 5.82. The lowest BCUT2D eigenvalue weighted by molar-refractivity contribution is 0.406. The maximum atomic E-state index is 13.6. The predicted molar refractivity (Wildman–Crippen MR) is 83.6 cm³/mol. The number of methoxy groups -OCH3 is 1. The fourth-order valence-corrected chi connectivity index (χ4v) is 3.06. The van der Waals surface area contributed by atoms with Crippen molar-refractivity contribution in [3.8, 4) is 5.75 Å². The summed E-state index contributed by atoms with van der Waals surface area (Å²) in [5.41, 5.74) is 4.68. The van der Waals surface area contributed by atoms with E-state index < -0.39 is 0 Å². The molecule has 3 rings (SSSR count). The first kappa shape index (κ1) is 13.9. The highest BCUT2D eigenvalue weighted by Crippen LogP contribution is 2.41. The second-order valence-corrected chi connectivity index (χ2v) is 5.82. The average molecular weight is 285 g/mol. The smallest absolute Gasteiger partial charge is 0.124 e. The summed E-state index contributed by atoms with van der Waals surface area (Å²) in [6.07, 6.45) is 0.857. The van der Waals surface area contributed by atoms with Crippen LogP contribution in [-0.2, 0) is 6.42 Å². The van der Waals surface area contributed by atoms with Gasteiger partial charge in [-0.1, -0.05) is 32.0 Å². The van der Waals surface area contributed by atoms with Crippen LogP contribution in [0.4, 0.5) is 10.1 Å². The lowest BCUT2D eigenvalue weighted by Crippen LogP contribution is -2.08. The van der Waals surface area contributed by atoms with Gasteiger partial charge in [0.2, 0.25) is 0 Å². The molecule has 0 aliphatic carbocycles. The van der Waals surface area contributed by atoms with E-state index in [4.69, 9.17) is 4.74 Å². The Hall–Kier alpha value is -2.03. The molecule has 2 aromatic rings. The molecular formula is C18H20FNO. The van der Waals surface area contributed by atoms with E-state index in [-0.39, 0.29) is 11.9 Å². The standard InChI is InChI=1S/C18H20FNO/c1-11(2)14-6-4-5-12-9-16(20-18(12)14)15-10-13(19)7-8-17(15)21-3/h4-8,10-11,16,20H,9H2,1-3H3. The third-order valence-corrected chi connectivity index (χ3v) is 4.11. The van der Waals surface area contributed by atoms with Gasteiger partial charge in [-0.2, -0.15) is 0 Å². The molecule has 1 aliphatic heterocycles. The number of benzene rings is 2. The molecule has 1 heterocycles. The summed E-state index contributed by atoms with van der Waals surface area (Å²) in [5.74, 6) is 0.959. The maximum absolute atomic E-state index is 13.6. The molecule has 1 aliphatic rings. The molecule has 21 heavy (non-hydrogen) atoms. The third kappa shape index (κ3) is 2.48. The van der Waals surface area contributed by atoms with Crippen molar-refractivity contribution in [1.29, 1.82) is 0 Å². The van der Waals surface area contributed by atoms with Gasteiger partial charge in [0.25, 0.3) is 0 Å². The molecular weight excluding hydrogens is 265 g/mol. The number of nitrogens with one attached hydrogen (secondary N) is 1. The number of para-hydroxylation sites is 1. The monoisotopic (exact) mass is 285 g/mol. The van der Waals surface area contributed by atoms with Crippen molar-refractivity contribution in [1.82, 2.24) is 0 Å². The summed E-state index contributed by atoms with van der Waals surface area (Å²) in [5, 5.41) is 3.56. The van der Waals surface area contributed by atoms with Crippen LogP contribution in [0.1, 0.15) is 42.5 Å². The minimum Gasteiger partial charge on any atom is -0.496 e. The maximum Gasteiger partial charge on any atom is 0.124 e. The van der Waals surface area contributed by atoms with Crippen molar-refractivity contribution in [3.05, 3.63) is 58.9 Å².